The Hall–Kier alpha value is -0.660. The highest BCUT2D eigenvalue weighted by Crippen LogP contribution is 2.47. The minimum atomic E-state index is -0.284. The molecule has 0 bridgehead atoms. The zero-order valence-electron chi connectivity index (χ0n) is 8.14. The van der Waals surface area contributed by atoms with Gasteiger partial charge in [0.15, 0.2) is 0 Å². The molecule has 0 N–H and O–H groups in total. The molecule has 2 rings (SSSR count). The summed E-state index contributed by atoms with van der Waals surface area (Å²) >= 11 is 0. The topological polar surface area (TPSA) is 34.1 Å². The lowest BCUT2D eigenvalue weighted by molar-refractivity contribution is -0.130. The van der Waals surface area contributed by atoms with Crippen LogP contribution in [0.4, 0.5) is 0 Å². The largest absolute Gasteiger partial charge is 0.300 e. The molecule has 0 spiro atoms. The molecule has 0 amide bonds. The van der Waals surface area contributed by atoms with Crippen LogP contribution in [0.5, 0.6) is 0 Å². The summed E-state index contributed by atoms with van der Waals surface area (Å²) in [5.41, 5.74) is -0.284. The van der Waals surface area contributed by atoms with Gasteiger partial charge in [-0.2, -0.15) is 0 Å². The minimum Gasteiger partial charge on any atom is -0.300 e. The van der Waals surface area contributed by atoms with E-state index in [1.54, 1.807) is 0 Å². The van der Waals surface area contributed by atoms with E-state index in [-0.39, 0.29) is 5.41 Å². The average molecular weight is 180 g/mol. The van der Waals surface area contributed by atoms with Crippen molar-refractivity contribution in [3.8, 4) is 0 Å². The van der Waals surface area contributed by atoms with Crippen LogP contribution in [0.15, 0.2) is 0 Å². The van der Waals surface area contributed by atoms with E-state index < -0.39 is 0 Å². The number of carbonyl (C=O) groups is 2. The molecule has 0 aromatic carbocycles. The van der Waals surface area contributed by atoms with Crippen LogP contribution in [0.1, 0.15) is 45.4 Å². The fraction of sp³-hybridized carbons (Fsp3) is 0.818. The average Bonchev–Trinajstić information content (AvgIpc) is 2.29. The van der Waals surface area contributed by atoms with Crippen molar-refractivity contribution < 1.29 is 9.59 Å². The summed E-state index contributed by atoms with van der Waals surface area (Å²) in [6.07, 6.45) is 5.09. The summed E-state index contributed by atoms with van der Waals surface area (Å²) in [5, 5.41) is 0. The first-order valence-corrected chi connectivity index (χ1v) is 5.18. The normalized spacial score (nSPS) is 40.2. The van der Waals surface area contributed by atoms with Crippen molar-refractivity contribution in [2.45, 2.75) is 45.4 Å². The molecule has 2 heteroatoms. The summed E-state index contributed by atoms with van der Waals surface area (Å²) in [6, 6.07) is 0. The molecule has 0 heterocycles. The molecule has 72 valence electrons. The van der Waals surface area contributed by atoms with Gasteiger partial charge in [0.2, 0.25) is 0 Å². The fourth-order valence-corrected chi connectivity index (χ4v) is 2.83. The van der Waals surface area contributed by atoms with Gasteiger partial charge in [0, 0.05) is 24.7 Å². The Balaban J connectivity index is 2.28. The molecule has 2 saturated carbocycles. The summed E-state index contributed by atoms with van der Waals surface area (Å²) < 4.78 is 0. The predicted molar refractivity (Wildman–Crippen MR) is 49.3 cm³/mol. The van der Waals surface area contributed by atoms with E-state index in [2.05, 4.69) is 0 Å². The third kappa shape index (κ3) is 1.32. The van der Waals surface area contributed by atoms with Gasteiger partial charge in [-0.05, 0) is 18.8 Å². The van der Waals surface area contributed by atoms with Crippen molar-refractivity contribution in [3.05, 3.63) is 0 Å². The molecule has 2 atom stereocenters. The Morgan fingerprint density at radius 2 is 2.08 bits per heavy atom. The molecule has 0 unspecified atom stereocenters. The van der Waals surface area contributed by atoms with Crippen LogP contribution in [0.25, 0.3) is 0 Å². The van der Waals surface area contributed by atoms with Crippen molar-refractivity contribution in [2.75, 3.05) is 0 Å². The maximum Gasteiger partial charge on any atom is 0.139 e. The quantitative estimate of drug-likeness (QED) is 0.572. The first-order valence-electron chi connectivity index (χ1n) is 5.18. The molecule has 0 aromatic heterocycles. The predicted octanol–water partition coefficient (Wildman–Crippen LogP) is 2.11. The van der Waals surface area contributed by atoms with Crippen LogP contribution < -0.4 is 0 Å². The zero-order chi connectivity index (χ0) is 9.47. The molecule has 0 radical (unpaired) electrons. The van der Waals surface area contributed by atoms with E-state index in [1.807, 2.05) is 6.92 Å². The van der Waals surface area contributed by atoms with Gasteiger partial charge in [-0.15, -0.1) is 0 Å². The van der Waals surface area contributed by atoms with Gasteiger partial charge in [-0.25, -0.2) is 0 Å². The van der Waals surface area contributed by atoms with E-state index in [9.17, 15) is 9.59 Å². The van der Waals surface area contributed by atoms with E-state index in [4.69, 9.17) is 0 Å². The van der Waals surface area contributed by atoms with Gasteiger partial charge in [0.1, 0.15) is 11.6 Å². The molecule has 0 aliphatic heterocycles. The number of carbonyl (C=O) groups excluding carboxylic acids is 2. The molecule has 0 saturated heterocycles. The summed E-state index contributed by atoms with van der Waals surface area (Å²) in [5.74, 6) is 0.985. The Kier molecular flexibility index (Phi) is 2.01. The van der Waals surface area contributed by atoms with E-state index >= 15 is 0 Å². The van der Waals surface area contributed by atoms with Crippen LogP contribution in [0, 0.1) is 11.3 Å². The maximum absolute atomic E-state index is 11.8. The highest BCUT2D eigenvalue weighted by molar-refractivity contribution is 5.94. The maximum atomic E-state index is 11.8. The first-order chi connectivity index (χ1) is 6.13. The summed E-state index contributed by atoms with van der Waals surface area (Å²) in [4.78, 5) is 23.1. The van der Waals surface area contributed by atoms with Crippen molar-refractivity contribution in [1.29, 1.82) is 0 Å². The van der Waals surface area contributed by atoms with Crippen molar-refractivity contribution in [3.63, 3.8) is 0 Å². The molecule has 2 fully saturated rings. The zero-order valence-corrected chi connectivity index (χ0v) is 8.14. The second-order valence-corrected chi connectivity index (χ2v) is 4.70. The Labute approximate surface area is 78.7 Å². The number of rotatable bonds is 0. The number of fused-ring (bicyclic) bond motifs is 1. The van der Waals surface area contributed by atoms with Crippen molar-refractivity contribution in [2.24, 2.45) is 11.3 Å². The second kappa shape index (κ2) is 2.93. The summed E-state index contributed by atoms with van der Waals surface area (Å²) in [6.45, 7) is 2.00. The van der Waals surface area contributed by atoms with Gasteiger partial charge < -0.3 is 0 Å². The highest BCUT2D eigenvalue weighted by Gasteiger charge is 2.48. The van der Waals surface area contributed by atoms with E-state index in [0.29, 0.717) is 36.7 Å². The van der Waals surface area contributed by atoms with Gasteiger partial charge in [0.05, 0.1) is 0 Å². The lowest BCUT2D eigenvalue weighted by Gasteiger charge is -2.26. The molecule has 2 aliphatic rings. The highest BCUT2D eigenvalue weighted by atomic mass is 16.1. The SMILES string of the molecule is C[C@]12CC(=O)C[C@H]1CCCCC2=O. The number of ketones is 2. The van der Waals surface area contributed by atoms with Crippen LogP contribution >= 0.6 is 0 Å². The minimum absolute atomic E-state index is 0.284. The van der Waals surface area contributed by atoms with E-state index in [1.165, 1.54) is 0 Å². The molecule has 0 aromatic rings. The van der Waals surface area contributed by atoms with Gasteiger partial charge >= 0.3 is 0 Å². The molecule has 2 aliphatic carbocycles. The van der Waals surface area contributed by atoms with Gasteiger partial charge in [-0.1, -0.05) is 13.3 Å². The third-order valence-electron chi connectivity index (χ3n) is 3.78. The molecular weight excluding hydrogens is 164 g/mol. The van der Waals surface area contributed by atoms with Crippen LogP contribution in [0.3, 0.4) is 0 Å². The van der Waals surface area contributed by atoms with Gasteiger partial charge in [0.25, 0.3) is 0 Å². The lowest BCUT2D eigenvalue weighted by Crippen LogP contribution is -2.30. The fourth-order valence-electron chi connectivity index (χ4n) is 2.83. The summed E-state index contributed by atoms with van der Waals surface area (Å²) in [7, 11) is 0. The molecular formula is C11H16O2. The smallest absolute Gasteiger partial charge is 0.139 e. The monoisotopic (exact) mass is 180 g/mol. The lowest BCUT2D eigenvalue weighted by atomic mass is 9.75. The van der Waals surface area contributed by atoms with Crippen molar-refractivity contribution >= 4 is 11.6 Å². The van der Waals surface area contributed by atoms with Crippen LogP contribution in [0.2, 0.25) is 0 Å². The second-order valence-electron chi connectivity index (χ2n) is 4.70. The Bertz CT molecular complexity index is 257. The molecule has 13 heavy (non-hydrogen) atoms. The standard InChI is InChI=1S/C11H16O2/c1-11-7-9(12)6-8(11)4-2-3-5-10(11)13/h8H,2-7H2,1H3/t8-,11+/m1/s1. The van der Waals surface area contributed by atoms with Crippen molar-refractivity contribution in [1.82, 2.24) is 0 Å². The number of hydrogen-bond acceptors (Lipinski definition) is 2. The number of hydrogen-bond donors (Lipinski definition) is 0. The molecule has 2 nitrogen and oxygen atoms in total. The number of Topliss-reactive ketones (excluding diaryl/α,β-unsaturated/α-hetero) is 2. The first kappa shape index (κ1) is 8.92. The van der Waals surface area contributed by atoms with Crippen LogP contribution in [-0.4, -0.2) is 11.6 Å². The van der Waals surface area contributed by atoms with E-state index in [0.717, 1.165) is 19.3 Å². The van der Waals surface area contributed by atoms with Gasteiger partial charge in [-0.3, -0.25) is 9.59 Å². The van der Waals surface area contributed by atoms with Crippen LogP contribution in [-0.2, 0) is 9.59 Å². The third-order valence-corrected chi connectivity index (χ3v) is 3.78. The Morgan fingerprint density at radius 3 is 2.85 bits per heavy atom. The Morgan fingerprint density at radius 1 is 1.31 bits per heavy atom.